The summed E-state index contributed by atoms with van der Waals surface area (Å²) in [7, 11) is 0. The fourth-order valence-corrected chi connectivity index (χ4v) is 3.87. The standard InChI is InChI=1S/C26H24ClN7O2/c1-3-4-13-36-21-11-5-18(6-12-21)26(35)31-23-14-17(2)32-34(23)25-22-15-30-33(24(22)28-16-29-25)20-9-7-19(27)8-10-20/h5-12,14-16H,3-4,13H2,1-2H3,(H,31,35). The number of carbonyl (C=O) groups is 1. The van der Waals surface area contributed by atoms with Crippen molar-refractivity contribution in [2.45, 2.75) is 26.7 Å². The summed E-state index contributed by atoms with van der Waals surface area (Å²) < 4.78 is 8.98. The number of anilines is 1. The van der Waals surface area contributed by atoms with Gasteiger partial charge in [0, 0.05) is 16.7 Å². The summed E-state index contributed by atoms with van der Waals surface area (Å²) in [4.78, 5) is 21.9. The van der Waals surface area contributed by atoms with E-state index in [1.807, 2.05) is 19.1 Å². The largest absolute Gasteiger partial charge is 0.494 e. The Bertz CT molecular complexity index is 1510. The molecule has 10 heteroatoms. The highest BCUT2D eigenvalue weighted by molar-refractivity contribution is 6.30. The Morgan fingerprint density at radius 3 is 2.58 bits per heavy atom. The smallest absolute Gasteiger partial charge is 0.256 e. The van der Waals surface area contributed by atoms with Crippen LogP contribution in [-0.4, -0.2) is 42.0 Å². The third kappa shape index (κ3) is 4.78. The van der Waals surface area contributed by atoms with Gasteiger partial charge in [0.1, 0.15) is 17.9 Å². The van der Waals surface area contributed by atoms with Gasteiger partial charge in [0.2, 0.25) is 0 Å². The maximum atomic E-state index is 13.0. The molecule has 0 atom stereocenters. The molecule has 5 aromatic rings. The average Bonchev–Trinajstić information content (AvgIpc) is 3.48. The maximum Gasteiger partial charge on any atom is 0.256 e. The number of carbonyl (C=O) groups excluding carboxylic acids is 1. The van der Waals surface area contributed by atoms with Gasteiger partial charge in [-0.3, -0.25) is 4.79 Å². The molecule has 5 rings (SSSR count). The highest BCUT2D eigenvalue weighted by Gasteiger charge is 2.18. The number of rotatable bonds is 8. The molecule has 0 unspecified atom stereocenters. The third-order valence-electron chi connectivity index (χ3n) is 5.57. The molecule has 0 aliphatic heterocycles. The zero-order chi connectivity index (χ0) is 25.1. The van der Waals surface area contributed by atoms with Gasteiger partial charge >= 0.3 is 0 Å². The number of nitrogens with zero attached hydrogens (tertiary/aromatic N) is 6. The van der Waals surface area contributed by atoms with Crippen molar-refractivity contribution in [3.8, 4) is 17.3 Å². The summed E-state index contributed by atoms with van der Waals surface area (Å²) in [6, 6.07) is 16.2. The normalized spacial score (nSPS) is 11.1. The Balaban J connectivity index is 1.43. The molecule has 36 heavy (non-hydrogen) atoms. The van der Waals surface area contributed by atoms with Crippen LogP contribution in [-0.2, 0) is 0 Å². The second-order valence-electron chi connectivity index (χ2n) is 8.23. The SMILES string of the molecule is CCCCOc1ccc(C(=O)Nc2cc(C)nn2-c2ncnc3c2cnn3-c2ccc(Cl)cc2)cc1. The maximum absolute atomic E-state index is 13.0. The van der Waals surface area contributed by atoms with Gasteiger partial charge in [0.05, 0.1) is 29.6 Å². The first-order chi connectivity index (χ1) is 17.5. The van der Waals surface area contributed by atoms with Crippen LogP contribution in [0.3, 0.4) is 0 Å². The number of amides is 1. The van der Waals surface area contributed by atoms with Gasteiger partial charge in [-0.05, 0) is 61.9 Å². The lowest BCUT2D eigenvalue weighted by Crippen LogP contribution is -2.15. The van der Waals surface area contributed by atoms with Gasteiger partial charge < -0.3 is 10.1 Å². The fourth-order valence-electron chi connectivity index (χ4n) is 3.75. The zero-order valence-corrected chi connectivity index (χ0v) is 20.6. The molecular weight excluding hydrogens is 478 g/mol. The molecule has 3 aromatic heterocycles. The third-order valence-corrected chi connectivity index (χ3v) is 5.82. The molecule has 1 amide bonds. The summed E-state index contributed by atoms with van der Waals surface area (Å²) in [5.41, 5.74) is 2.64. The molecular formula is C26H24ClN7O2. The topological polar surface area (TPSA) is 99.8 Å². The number of hydrogen-bond donors (Lipinski definition) is 1. The molecule has 3 heterocycles. The van der Waals surface area contributed by atoms with Crippen LogP contribution >= 0.6 is 11.6 Å². The highest BCUT2D eigenvalue weighted by Crippen LogP contribution is 2.25. The molecule has 2 aromatic carbocycles. The van der Waals surface area contributed by atoms with E-state index in [4.69, 9.17) is 16.3 Å². The van der Waals surface area contributed by atoms with Gasteiger partial charge in [-0.2, -0.15) is 14.9 Å². The van der Waals surface area contributed by atoms with E-state index in [0.717, 1.165) is 30.0 Å². The van der Waals surface area contributed by atoms with Crippen LogP contribution in [0, 0.1) is 6.92 Å². The van der Waals surface area contributed by atoms with Crippen LogP contribution in [0.4, 0.5) is 5.82 Å². The minimum absolute atomic E-state index is 0.265. The molecule has 0 aliphatic carbocycles. The average molecular weight is 502 g/mol. The highest BCUT2D eigenvalue weighted by atomic mass is 35.5. The Labute approximate surface area is 212 Å². The Hall–Kier alpha value is -4.24. The molecule has 182 valence electrons. The van der Waals surface area contributed by atoms with Gasteiger partial charge in [-0.25, -0.2) is 14.6 Å². The fraction of sp³-hybridized carbons (Fsp3) is 0.192. The Morgan fingerprint density at radius 2 is 1.83 bits per heavy atom. The van der Waals surface area contributed by atoms with Gasteiger partial charge in [0.25, 0.3) is 5.91 Å². The van der Waals surface area contributed by atoms with E-state index in [1.165, 1.54) is 6.33 Å². The van der Waals surface area contributed by atoms with Crippen molar-refractivity contribution in [2.24, 2.45) is 0 Å². The number of aryl methyl sites for hydroxylation is 1. The van der Waals surface area contributed by atoms with E-state index >= 15 is 0 Å². The summed E-state index contributed by atoms with van der Waals surface area (Å²) in [6.45, 7) is 4.62. The monoisotopic (exact) mass is 501 g/mol. The lowest BCUT2D eigenvalue weighted by molar-refractivity contribution is 0.102. The number of fused-ring (bicyclic) bond motifs is 1. The van der Waals surface area contributed by atoms with Gasteiger partial charge in [0.15, 0.2) is 11.5 Å². The molecule has 0 bridgehead atoms. The minimum Gasteiger partial charge on any atom is -0.494 e. The van der Waals surface area contributed by atoms with E-state index in [9.17, 15) is 4.79 Å². The molecule has 0 spiro atoms. The molecule has 0 fully saturated rings. The molecule has 9 nitrogen and oxygen atoms in total. The first-order valence-electron chi connectivity index (χ1n) is 11.6. The van der Waals surface area contributed by atoms with Gasteiger partial charge in [-0.1, -0.05) is 24.9 Å². The molecule has 0 saturated heterocycles. The van der Waals surface area contributed by atoms with Gasteiger partial charge in [-0.15, -0.1) is 0 Å². The minimum atomic E-state index is -0.265. The first-order valence-corrected chi connectivity index (χ1v) is 12.0. The van der Waals surface area contributed by atoms with Crippen LogP contribution in [0.25, 0.3) is 22.5 Å². The van der Waals surface area contributed by atoms with E-state index in [1.54, 1.807) is 58.0 Å². The van der Waals surface area contributed by atoms with E-state index in [-0.39, 0.29) is 5.91 Å². The van der Waals surface area contributed by atoms with E-state index in [0.29, 0.717) is 39.9 Å². The number of halogens is 1. The predicted octanol–water partition coefficient (Wildman–Crippen LogP) is 5.39. The Morgan fingerprint density at radius 1 is 1.06 bits per heavy atom. The molecule has 0 saturated carbocycles. The lowest BCUT2D eigenvalue weighted by atomic mass is 10.2. The van der Waals surface area contributed by atoms with Crippen LogP contribution in [0.2, 0.25) is 5.02 Å². The number of aromatic nitrogens is 6. The van der Waals surface area contributed by atoms with Crippen molar-refractivity contribution < 1.29 is 9.53 Å². The van der Waals surface area contributed by atoms with E-state index < -0.39 is 0 Å². The second-order valence-corrected chi connectivity index (χ2v) is 8.67. The summed E-state index contributed by atoms with van der Waals surface area (Å²) in [5, 5.41) is 13.3. The Kier molecular flexibility index (Phi) is 6.64. The number of ether oxygens (including phenoxy) is 1. The molecule has 0 radical (unpaired) electrons. The molecule has 0 aliphatic rings. The van der Waals surface area contributed by atoms with Crippen LogP contribution < -0.4 is 10.1 Å². The first kappa shape index (κ1) is 23.5. The summed E-state index contributed by atoms with van der Waals surface area (Å²) in [6.07, 6.45) is 5.18. The van der Waals surface area contributed by atoms with Crippen molar-refractivity contribution in [1.29, 1.82) is 0 Å². The number of unbranched alkanes of at least 4 members (excludes halogenated alkanes) is 1. The van der Waals surface area contributed by atoms with Crippen molar-refractivity contribution >= 4 is 34.4 Å². The number of nitrogens with one attached hydrogen (secondary N) is 1. The summed E-state index contributed by atoms with van der Waals surface area (Å²) in [5.74, 6) is 1.46. The second kappa shape index (κ2) is 10.2. The van der Waals surface area contributed by atoms with E-state index in [2.05, 4.69) is 32.4 Å². The quantitative estimate of drug-likeness (QED) is 0.286. The predicted molar refractivity (Wildman–Crippen MR) is 138 cm³/mol. The van der Waals surface area contributed by atoms with Crippen LogP contribution in [0.5, 0.6) is 5.75 Å². The van der Waals surface area contributed by atoms with Crippen molar-refractivity contribution in [3.63, 3.8) is 0 Å². The van der Waals surface area contributed by atoms with Crippen LogP contribution in [0.1, 0.15) is 35.8 Å². The van der Waals surface area contributed by atoms with Crippen molar-refractivity contribution in [3.05, 3.63) is 83.4 Å². The molecule has 1 N–H and O–H groups in total. The van der Waals surface area contributed by atoms with Crippen LogP contribution in [0.15, 0.2) is 67.1 Å². The van der Waals surface area contributed by atoms with Crippen molar-refractivity contribution in [1.82, 2.24) is 29.5 Å². The zero-order valence-electron chi connectivity index (χ0n) is 19.8. The van der Waals surface area contributed by atoms with Crippen molar-refractivity contribution in [2.75, 3.05) is 11.9 Å². The number of benzene rings is 2. The summed E-state index contributed by atoms with van der Waals surface area (Å²) >= 11 is 6.03. The lowest BCUT2D eigenvalue weighted by Gasteiger charge is -2.10. The number of hydrogen-bond acceptors (Lipinski definition) is 6.